The minimum Gasteiger partial charge on any atom is -0.508 e. The number of fused-ring (bicyclic) bond motifs is 3. The highest BCUT2D eigenvalue weighted by molar-refractivity contribution is 6.05. The molecule has 0 unspecified atom stereocenters. The van der Waals surface area contributed by atoms with E-state index in [1.54, 1.807) is 6.07 Å². The smallest absolute Gasteiger partial charge is 0.319 e. The summed E-state index contributed by atoms with van der Waals surface area (Å²) in [4.78, 5) is 13.7. The first-order valence-corrected chi connectivity index (χ1v) is 14.1. The summed E-state index contributed by atoms with van der Waals surface area (Å²) in [5.41, 5.74) is 0.374. The molecule has 7 rings (SSSR count). The predicted octanol–water partition coefficient (Wildman–Crippen LogP) is 4.31. The Hall–Kier alpha value is -4.20. The van der Waals surface area contributed by atoms with Crippen LogP contribution in [0.5, 0.6) is 17.5 Å². The monoisotopic (exact) mass is 571 g/mol. The van der Waals surface area contributed by atoms with E-state index in [0.717, 1.165) is 25.9 Å². The normalized spacial score (nSPS) is 18.9. The van der Waals surface area contributed by atoms with Crippen molar-refractivity contribution in [2.45, 2.75) is 18.9 Å². The van der Waals surface area contributed by atoms with Crippen LogP contribution in [0.15, 0.2) is 30.3 Å². The fourth-order valence-corrected chi connectivity index (χ4v) is 6.36. The number of nitrogens with zero attached hydrogens (tertiary/aromatic N) is 4. The van der Waals surface area contributed by atoms with Crippen molar-refractivity contribution in [3.05, 3.63) is 47.5 Å². The summed E-state index contributed by atoms with van der Waals surface area (Å²) in [7, 11) is 4.07. The van der Waals surface area contributed by atoms with Gasteiger partial charge in [-0.05, 0) is 62.2 Å². The Kier molecular flexibility index (Phi) is 6.33. The van der Waals surface area contributed by atoms with Gasteiger partial charge in [-0.3, -0.25) is 0 Å². The third-order valence-corrected chi connectivity index (χ3v) is 8.49. The molecule has 0 amide bonds. The van der Waals surface area contributed by atoms with E-state index in [-0.39, 0.29) is 45.4 Å². The number of benzene rings is 3. The number of piperazine rings is 1. The van der Waals surface area contributed by atoms with Gasteiger partial charge in [-0.15, -0.1) is 6.42 Å². The van der Waals surface area contributed by atoms with E-state index in [0.29, 0.717) is 54.0 Å². The number of terminal acetylenes is 1. The number of halogens is 2. The Morgan fingerprint density at radius 1 is 1.19 bits per heavy atom. The van der Waals surface area contributed by atoms with Crippen LogP contribution in [-0.4, -0.2) is 79.5 Å². The summed E-state index contributed by atoms with van der Waals surface area (Å²) in [5.74, 6) is 1.99. The molecule has 1 saturated carbocycles. The minimum absolute atomic E-state index is 0.0139. The van der Waals surface area contributed by atoms with E-state index in [1.165, 1.54) is 24.3 Å². The highest BCUT2D eigenvalue weighted by atomic mass is 19.1. The number of aromatic nitrogens is 2. The fourth-order valence-electron chi connectivity index (χ4n) is 6.36. The topological polar surface area (TPSA) is 83.0 Å². The van der Waals surface area contributed by atoms with Crippen LogP contribution in [0.25, 0.3) is 32.8 Å². The van der Waals surface area contributed by atoms with Crippen molar-refractivity contribution in [1.29, 1.82) is 0 Å². The van der Waals surface area contributed by atoms with Gasteiger partial charge >= 0.3 is 6.01 Å². The number of phenols is 1. The third-order valence-electron chi connectivity index (χ3n) is 8.49. The lowest BCUT2D eigenvalue weighted by Crippen LogP contribution is -2.53. The molecule has 3 heterocycles. The highest BCUT2D eigenvalue weighted by Crippen LogP contribution is 2.47. The molecule has 42 heavy (non-hydrogen) atoms. The molecular weight excluding hydrogens is 540 g/mol. The predicted molar refractivity (Wildman–Crippen MR) is 157 cm³/mol. The third kappa shape index (κ3) is 4.44. The van der Waals surface area contributed by atoms with Crippen molar-refractivity contribution >= 4 is 27.5 Å². The van der Waals surface area contributed by atoms with Gasteiger partial charge in [0.2, 0.25) is 0 Å². The molecule has 0 spiro atoms. The van der Waals surface area contributed by atoms with Crippen LogP contribution in [0, 0.1) is 29.4 Å². The van der Waals surface area contributed by atoms with Gasteiger partial charge in [0.1, 0.15) is 35.3 Å². The Balaban J connectivity index is 1.45. The molecule has 0 radical (unpaired) electrons. The van der Waals surface area contributed by atoms with Gasteiger partial charge in [0, 0.05) is 42.5 Å². The maximum atomic E-state index is 16.8. The molecule has 1 saturated heterocycles. The summed E-state index contributed by atoms with van der Waals surface area (Å²) in [5, 5.41) is 15.2. The van der Waals surface area contributed by atoms with Crippen LogP contribution in [0.1, 0.15) is 18.4 Å². The number of anilines is 1. The zero-order chi connectivity index (χ0) is 29.2. The van der Waals surface area contributed by atoms with Gasteiger partial charge in [0.05, 0.1) is 23.6 Å². The molecule has 1 aliphatic carbocycles. The number of hydrogen-bond acceptors (Lipinski definition) is 8. The lowest BCUT2D eigenvalue weighted by atomic mass is 9.92. The largest absolute Gasteiger partial charge is 0.508 e. The number of ether oxygens (including phenoxy) is 2. The number of phenolic OH excluding ortho intramolecular Hbond substituents is 1. The van der Waals surface area contributed by atoms with Crippen molar-refractivity contribution in [2.24, 2.45) is 5.41 Å². The van der Waals surface area contributed by atoms with E-state index >= 15 is 4.39 Å². The first-order chi connectivity index (χ1) is 20.3. The summed E-state index contributed by atoms with van der Waals surface area (Å²) in [6.07, 6.45) is 7.79. The van der Waals surface area contributed by atoms with Crippen LogP contribution in [0.3, 0.4) is 0 Å². The second-order valence-electron chi connectivity index (χ2n) is 11.8. The van der Waals surface area contributed by atoms with Crippen LogP contribution >= 0.6 is 0 Å². The molecule has 216 valence electrons. The number of aromatic hydroxyl groups is 1. The SMILES string of the molecule is C#Cc1c(F)ccc2cc(O)cc(-c3cc4c5c(nc(OCC6(CN(C)C)CC6)nc5c3F)N3CCNC[C@@H]3CO4)c12. The number of hydrogen-bond donors (Lipinski definition) is 2. The van der Waals surface area contributed by atoms with Crippen LogP contribution in [0.4, 0.5) is 14.6 Å². The van der Waals surface area contributed by atoms with Gasteiger partial charge in [-0.1, -0.05) is 12.0 Å². The Bertz CT molecular complexity index is 1780. The quantitative estimate of drug-likeness (QED) is 0.332. The summed E-state index contributed by atoms with van der Waals surface area (Å²) in [6, 6.07) is 7.26. The number of rotatable bonds is 6. The number of nitrogens with one attached hydrogen (secondary N) is 1. The Morgan fingerprint density at radius 2 is 2.02 bits per heavy atom. The second kappa shape index (κ2) is 9.96. The van der Waals surface area contributed by atoms with Crippen LogP contribution < -0.4 is 19.7 Å². The maximum absolute atomic E-state index is 16.8. The first kappa shape index (κ1) is 26.7. The zero-order valence-corrected chi connectivity index (χ0v) is 23.5. The Morgan fingerprint density at radius 3 is 2.79 bits per heavy atom. The molecule has 8 nitrogen and oxygen atoms in total. The van der Waals surface area contributed by atoms with E-state index in [9.17, 15) is 9.50 Å². The second-order valence-corrected chi connectivity index (χ2v) is 11.8. The van der Waals surface area contributed by atoms with Crippen molar-refractivity contribution in [2.75, 3.05) is 58.4 Å². The summed E-state index contributed by atoms with van der Waals surface area (Å²) >= 11 is 0. The molecule has 10 heteroatoms. The van der Waals surface area contributed by atoms with Gasteiger partial charge in [-0.25, -0.2) is 8.78 Å². The van der Waals surface area contributed by atoms with Crippen molar-refractivity contribution < 1.29 is 23.4 Å². The van der Waals surface area contributed by atoms with Gasteiger partial charge in [0.15, 0.2) is 5.82 Å². The van der Waals surface area contributed by atoms with Crippen LogP contribution in [-0.2, 0) is 0 Å². The minimum atomic E-state index is -0.659. The van der Waals surface area contributed by atoms with Crippen molar-refractivity contribution in [1.82, 2.24) is 20.2 Å². The molecule has 2 aliphatic heterocycles. The van der Waals surface area contributed by atoms with Gasteiger partial charge in [0.25, 0.3) is 0 Å². The van der Waals surface area contributed by atoms with Crippen LogP contribution in [0.2, 0.25) is 0 Å². The maximum Gasteiger partial charge on any atom is 0.319 e. The molecule has 2 fully saturated rings. The Labute approximate surface area is 242 Å². The van der Waals surface area contributed by atoms with E-state index in [2.05, 4.69) is 26.0 Å². The highest BCUT2D eigenvalue weighted by Gasteiger charge is 2.44. The average molecular weight is 572 g/mol. The molecule has 3 aromatic carbocycles. The standard InChI is InChI=1S/C32H31F2N5O3/c1-4-21-24(33)6-5-18-11-20(40)12-22(26(18)21)23-13-25-27-29(28(23)34)36-31(42-17-32(7-8-32)16-38(2)3)37-30(27)39-10-9-35-14-19(39)15-41-25/h1,5-6,11-13,19,35,40H,7-10,14-17H2,2-3H3/t19-/m1/s1. The molecule has 2 N–H and O–H groups in total. The summed E-state index contributed by atoms with van der Waals surface area (Å²) < 4.78 is 44.1. The van der Waals surface area contributed by atoms with Gasteiger partial charge < -0.3 is 29.7 Å². The summed E-state index contributed by atoms with van der Waals surface area (Å²) in [6.45, 7) is 3.73. The van der Waals surface area contributed by atoms with Crippen molar-refractivity contribution in [3.8, 4) is 41.0 Å². The lowest BCUT2D eigenvalue weighted by Gasteiger charge is -2.35. The van der Waals surface area contributed by atoms with Crippen molar-refractivity contribution in [3.63, 3.8) is 0 Å². The molecule has 4 aromatic rings. The van der Waals surface area contributed by atoms with E-state index < -0.39 is 11.6 Å². The van der Waals surface area contributed by atoms with Gasteiger partial charge in [-0.2, -0.15) is 9.97 Å². The molecular formula is C32H31F2N5O3. The zero-order valence-electron chi connectivity index (χ0n) is 23.5. The van der Waals surface area contributed by atoms with E-state index in [4.69, 9.17) is 20.9 Å². The molecule has 0 bridgehead atoms. The molecule has 3 aliphatic rings. The average Bonchev–Trinajstić information content (AvgIpc) is 3.76. The molecule has 1 aromatic heterocycles. The lowest BCUT2D eigenvalue weighted by molar-refractivity contribution is 0.183. The van der Waals surface area contributed by atoms with E-state index in [1.807, 2.05) is 14.1 Å². The first-order valence-electron chi connectivity index (χ1n) is 14.1. The molecule has 1 atom stereocenters. The fraction of sp³-hybridized carbons (Fsp3) is 0.375.